The Morgan fingerprint density at radius 3 is 2.75 bits per heavy atom. The third-order valence-corrected chi connectivity index (χ3v) is 3.05. The lowest BCUT2D eigenvalue weighted by atomic mass is 10.1. The molecule has 0 unspecified atom stereocenters. The van der Waals surface area contributed by atoms with Gasteiger partial charge >= 0.3 is 5.97 Å². The molecule has 1 heterocycles. The van der Waals surface area contributed by atoms with Crippen LogP contribution in [0.15, 0.2) is 36.5 Å². The molecule has 0 amide bonds. The highest BCUT2D eigenvalue weighted by Crippen LogP contribution is 2.19. The molecule has 0 saturated carbocycles. The van der Waals surface area contributed by atoms with Crippen molar-refractivity contribution >= 4 is 23.4 Å². The summed E-state index contributed by atoms with van der Waals surface area (Å²) in [4.78, 5) is 16.9. The number of carboxylic acids is 1. The summed E-state index contributed by atoms with van der Waals surface area (Å²) in [5.41, 5.74) is 0.752. The SMILES string of the molecule is CN(Cc1ccc(Cl)cc1C(=O)O)c1ccc(F)cn1. The number of benzene rings is 1. The molecular weight excluding hydrogens is 283 g/mol. The van der Waals surface area contributed by atoms with Crippen molar-refractivity contribution in [2.75, 3.05) is 11.9 Å². The van der Waals surface area contributed by atoms with Crippen molar-refractivity contribution in [1.82, 2.24) is 4.98 Å². The molecule has 1 aromatic heterocycles. The van der Waals surface area contributed by atoms with Crippen LogP contribution >= 0.6 is 11.6 Å². The molecule has 0 bridgehead atoms. The fraction of sp³-hybridized carbons (Fsp3) is 0.143. The number of hydrogen-bond acceptors (Lipinski definition) is 3. The number of aromatic carboxylic acids is 1. The van der Waals surface area contributed by atoms with Crippen LogP contribution < -0.4 is 4.90 Å². The van der Waals surface area contributed by atoms with Gasteiger partial charge in [0.25, 0.3) is 0 Å². The first-order valence-electron chi connectivity index (χ1n) is 5.82. The van der Waals surface area contributed by atoms with Gasteiger partial charge in [-0.15, -0.1) is 0 Å². The Hall–Kier alpha value is -2.14. The third-order valence-electron chi connectivity index (χ3n) is 2.81. The summed E-state index contributed by atoms with van der Waals surface area (Å²) in [6, 6.07) is 7.54. The number of hydrogen-bond donors (Lipinski definition) is 1. The first-order valence-corrected chi connectivity index (χ1v) is 6.19. The van der Waals surface area contributed by atoms with E-state index in [1.165, 1.54) is 18.2 Å². The Balaban J connectivity index is 2.25. The van der Waals surface area contributed by atoms with Crippen LogP contribution in [0.25, 0.3) is 0 Å². The lowest BCUT2D eigenvalue weighted by Gasteiger charge is -2.19. The highest BCUT2D eigenvalue weighted by Gasteiger charge is 2.13. The second kappa shape index (κ2) is 5.88. The Bertz CT molecular complexity index is 632. The largest absolute Gasteiger partial charge is 0.478 e. The summed E-state index contributed by atoms with van der Waals surface area (Å²) in [6.45, 7) is 0.331. The van der Waals surface area contributed by atoms with E-state index in [9.17, 15) is 9.18 Å². The smallest absolute Gasteiger partial charge is 0.336 e. The van der Waals surface area contributed by atoms with Gasteiger partial charge in [0.1, 0.15) is 11.6 Å². The van der Waals surface area contributed by atoms with E-state index in [2.05, 4.69) is 4.98 Å². The van der Waals surface area contributed by atoms with E-state index in [0.717, 1.165) is 6.20 Å². The van der Waals surface area contributed by atoms with Gasteiger partial charge in [0.15, 0.2) is 0 Å². The van der Waals surface area contributed by atoms with Crippen LogP contribution in [0.3, 0.4) is 0 Å². The number of rotatable bonds is 4. The summed E-state index contributed by atoms with van der Waals surface area (Å²) in [7, 11) is 1.75. The topological polar surface area (TPSA) is 53.4 Å². The summed E-state index contributed by atoms with van der Waals surface area (Å²) in [6.07, 6.45) is 1.12. The van der Waals surface area contributed by atoms with E-state index in [-0.39, 0.29) is 5.56 Å². The van der Waals surface area contributed by atoms with E-state index in [1.54, 1.807) is 24.1 Å². The normalized spacial score (nSPS) is 10.3. The lowest BCUT2D eigenvalue weighted by molar-refractivity contribution is 0.0695. The molecule has 0 fully saturated rings. The zero-order valence-electron chi connectivity index (χ0n) is 10.7. The Kier molecular flexibility index (Phi) is 4.20. The summed E-state index contributed by atoms with van der Waals surface area (Å²) in [5.74, 6) is -0.902. The summed E-state index contributed by atoms with van der Waals surface area (Å²) in [5, 5.41) is 9.54. The number of carbonyl (C=O) groups is 1. The fourth-order valence-corrected chi connectivity index (χ4v) is 1.99. The van der Waals surface area contributed by atoms with Gasteiger partial charge in [0.2, 0.25) is 0 Å². The van der Waals surface area contributed by atoms with Crippen LogP contribution in [0.4, 0.5) is 10.2 Å². The van der Waals surface area contributed by atoms with Gasteiger partial charge in [-0.3, -0.25) is 0 Å². The lowest BCUT2D eigenvalue weighted by Crippen LogP contribution is -2.19. The molecule has 0 aliphatic rings. The molecule has 104 valence electrons. The fourth-order valence-electron chi connectivity index (χ4n) is 1.82. The van der Waals surface area contributed by atoms with E-state index >= 15 is 0 Å². The molecule has 20 heavy (non-hydrogen) atoms. The molecule has 6 heteroatoms. The van der Waals surface area contributed by atoms with Crippen molar-refractivity contribution in [2.45, 2.75) is 6.54 Å². The maximum Gasteiger partial charge on any atom is 0.336 e. The van der Waals surface area contributed by atoms with Crippen molar-refractivity contribution in [3.63, 3.8) is 0 Å². The Morgan fingerprint density at radius 2 is 2.15 bits per heavy atom. The number of anilines is 1. The molecule has 1 N–H and O–H groups in total. The number of pyridine rings is 1. The highest BCUT2D eigenvalue weighted by molar-refractivity contribution is 6.30. The zero-order chi connectivity index (χ0) is 14.7. The van der Waals surface area contributed by atoms with Gasteiger partial charge in [-0.25, -0.2) is 14.2 Å². The molecule has 1 aromatic carbocycles. The van der Waals surface area contributed by atoms with Crippen molar-refractivity contribution in [3.05, 3.63) is 58.5 Å². The predicted molar refractivity (Wildman–Crippen MR) is 74.7 cm³/mol. The maximum atomic E-state index is 12.8. The van der Waals surface area contributed by atoms with Gasteiger partial charge < -0.3 is 10.0 Å². The number of halogens is 2. The van der Waals surface area contributed by atoms with Crippen LogP contribution in [-0.2, 0) is 6.54 Å². The minimum Gasteiger partial charge on any atom is -0.478 e. The third kappa shape index (κ3) is 3.24. The summed E-state index contributed by atoms with van der Waals surface area (Å²) < 4.78 is 12.8. The van der Waals surface area contributed by atoms with E-state index in [1.807, 2.05) is 0 Å². The first kappa shape index (κ1) is 14.3. The predicted octanol–water partition coefficient (Wildman–Crippen LogP) is 3.21. The molecule has 0 atom stereocenters. The monoisotopic (exact) mass is 294 g/mol. The van der Waals surface area contributed by atoms with Crippen LogP contribution in [-0.4, -0.2) is 23.1 Å². The number of aromatic nitrogens is 1. The average Bonchev–Trinajstić information content (AvgIpc) is 2.41. The van der Waals surface area contributed by atoms with Gasteiger partial charge in [-0.05, 0) is 29.8 Å². The van der Waals surface area contributed by atoms with Gasteiger partial charge in [0.05, 0.1) is 11.8 Å². The first-order chi connectivity index (χ1) is 9.47. The number of nitrogens with zero attached hydrogens (tertiary/aromatic N) is 2. The van der Waals surface area contributed by atoms with Gasteiger partial charge in [-0.2, -0.15) is 0 Å². The maximum absolute atomic E-state index is 12.8. The van der Waals surface area contributed by atoms with Crippen LogP contribution in [0, 0.1) is 5.82 Å². The average molecular weight is 295 g/mol. The molecule has 4 nitrogen and oxygen atoms in total. The molecule has 2 aromatic rings. The van der Waals surface area contributed by atoms with E-state index < -0.39 is 11.8 Å². The number of carboxylic acid groups (broad SMARTS) is 1. The molecular formula is C14H12ClFN2O2. The van der Waals surface area contributed by atoms with Crippen LogP contribution in [0.2, 0.25) is 5.02 Å². The minimum absolute atomic E-state index is 0.145. The molecule has 0 saturated heterocycles. The molecule has 0 aliphatic heterocycles. The summed E-state index contributed by atoms with van der Waals surface area (Å²) >= 11 is 5.80. The second-order valence-electron chi connectivity index (χ2n) is 4.30. The molecule has 2 rings (SSSR count). The zero-order valence-corrected chi connectivity index (χ0v) is 11.4. The molecule has 0 spiro atoms. The Labute approximate surface area is 120 Å². The Morgan fingerprint density at radius 1 is 1.40 bits per heavy atom. The van der Waals surface area contributed by atoms with Crippen LogP contribution in [0.5, 0.6) is 0 Å². The van der Waals surface area contributed by atoms with E-state index in [0.29, 0.717) is 22.9 Å². The minimum atomic E-state index is -1.04. The van der Waals surface area contributed by atoms with Gasteiger partial charge in [0, 0.05) is 18.6 Å². The van der Waals surface area contributed by atoms with Gasteiger partial charge in [-0.1, -0.05) is 17.7 Å². The molecule has 0 aliphatic carbocycles. The molecule has 0 radical (unpaired) electrons. The van der Waals surface area contributed by atoms with Crippen molar-refractivity contribution in [2.24, 2.45) is 0 Å². The van der Waals surface area contributed by atoms with Crippen molar-refractivity contribution in [1.29, 1.82) is 0 Å². The second-order valence-corrected chi connectivity index (χ2v) is 4.73. The van der Waals surface area contributed by atoms with Crippen molar-refractivity contribution in [3.8, 4) is 0 Å². The van der Waals surface area contributed by atoms with Crippen LogP contribution in [0.1, 0.15) is 15.9 Å². The standard InChI is InChI=1S/C14H12ClFN2O2/c1-18(13-5-4-11(16)7-17-13)8-9-2-3-10(15)6-12(9)14(19)20/h2-7H,8H2,1H3,(H,19,20). The van der Waals surface area contributed by atoms with Crippen molar-refractivity contribution < 1.29 is 14.3 Å². The van der Waals surface area contributed by atoms with E-state index in [4.69, 9.17) is 16.7 Å². The highest BCUT2D eigenvalue weighted by atomic mass is 35.5. The quantitative estimate of drug-likeness (QED) is 0.941.